The highest BCUT2D eigenvalue weighted by atomic mass is 32.2. The summed E-state index contributed by atoms with van der Waals surface area (Å²) in [4.78, 5) is 11.9. The average Bonchev–Trinajstić information content (AvgIpc) is 2.85. The maximum atomic E-state index is 12.0. The van der Waals surface area contributed by atoms with Crippen LogP contribution in [0.5, 0.6) is 0 Å². The Hall–Kier alpha value is -2.19. The third kappa shape index (κ3) is 3.03. The standard InChI is InChI=1S/C12H14N4O3S/c1-16-8-9(7-14-16)11(13)12(17)15-20(18,19)10-5-3-2-4-6-10/h2-8,11H,13H2,1H3,(H,15,17). The normalized spacial score (nSPS) is 12.9. The number of hydrogen-bond acceptors (Lipinski definition) is 5. The molecule has 1 atom stereocenters. The molecule has 0 fully saturated rings. The first-order chi connectivity index (χ1) is 9.40. The Kier molecular flexibility index (Phi) is 3.86. The Morgan fingerprint density at radius 3 is 2.55 bits per heavy atom. The first kappa shape index (κ1) is 14.2. The van der Waals surface area contributed by atoms with E-state index in [1.807, 2.05) is 4.72 Å². The minimum atomic E-state index is -3.91. The molecule has 8 heteroatoms. The predicted octanol–water partition coefficient (Wildman–Crippen LogP) is -0.0750. The molecule has 0 saturated carbocycles. The van der Waals surface area contributed by atoms with Crippen molar-refractivity contribution in [3.05, 3.63) is 48.3 Å². The number of nitrogens with two attached hydrogens (primary N) is 1. The molecule has 0 spiro atoms. The van der Waals surface area contributed by atoms with Gasteiger partial charge in [0.15, 0.2) is 0 Å². The third-order valence-electron chi connectivity index (χ3n) is 2.65. The molecule has 1 unspecified atom stereocenters. The number of aromatic nitrogens is 2. The predicted molar refractivity (Wildman–Crippen MR) is 71.9 cm³/mol. The van der Waals surface area contributed by atoms with Gasteiger partial charge < -0.3 is 5.73 Å². The van der Waals surface area contributed by atoms with Gasteiger partial charge in [-0.25, -0.2) is 13.1 Å². The fourth-order valence-corrected chi connectivity index (χ4v) is 2.63. The van der Waals surface area contributed by atoms with Crippen molar-refractivity contribution in [2.75, 3.05) is 0 Å². The molecule has 0 aliphatic rings. The van der Waals surface area contributed by atoms with Crippen molar-refractivity contribution in [2.45, 2.75) is 10.9 Å². The first-order valence-electron chi connectivity index (χ1n) is 5.76. The van der Waals surface area contributed by atoms with Gasteiger partial charge >= 0.3 is 0 Å². The molecule has 0 bridgehead atoms. The number of nitrogens with zero attached hydrogens (tertiary/aromatic N) is 2. The van der Waals surface area contributed by atoms with Crippen LogP contribution in [0, 0.1) is 0 Å². The second-order valence-electron chi connectivity index (χ2n) is 4.21. The molecule has 1 heterocycles. The van der Waals surface area contributed by atoms with E-state index < -0.39 is 22.0 Å². The molecule has 0 saturated heterocycles. The van der Waals surface area contributed by atoms with Gasteiger partial charge in [0.25, 0.3) is 15.9 Å². The van der Waals surface area contributed by atoms with E-state index in [4.69, 9.17) is 5.73 Å². The summed E-state index contributed by atoms with van der Waals surface area (Å²) in [7, 11) is -2.24. The van der Waals surface area contributed by atoms with E-state index in [1.165, 1.54) is 23.0 Å². The monoisotopic (exact) mass is 294 g/mol. The molecule has 3 N–H and O–H groups in total. The Morgan fingerprint density at radius 2 is 2.00 bits per heavy atom. The van der Waals surface area contributed by atoms with Crippen LogP contribution >= 0.6 is 0 Å². The van der Waals surface area contributed by atoms with Crippen LogP contribution < -0.4 is 10.5 Å². The quantitative estimate of drug-likeness (QED) is 0.820. The van der Waals surface area contributed by atoms with E-state index in [1.54, 1.807) is 31.4 Å². The van der Waals surface area contributed by atoms with E-state index >= 15 is 0 Å². The maximum Gasteiger partial charge on any atom is 0.264 e. The van der Waals surface area contributed by atoms with E-state index in [9.17, 15) is 13.2 Å². The van der Waals surface area contributed by atoms with Crippen LogP contribution in [0.1, 0.15) is 11.6 Å². The number of benzene rings is 1. The Morgan fingerprint density at radius 1 is 1.35 bits per heavy atom. The molecule has 0 aliphatic heterocycles. The van der Waals surface area contributed by atoms with Crippen LogP contribution in [0.25, 0.3) is 0 Å². The minimum absolute atomic E-state index is 0.00624. The average molecular weight is 294 g/mol. The number of carbonyl (C=O) groups is 1. The van der Waals surface area contributed by atoms with Gasteiger partial charge in [0.1, 0.15) is 6.04 Å². The number of nitrogens with one attached hydrogen (secondary N) is 1. The molecule has 0 aliphatic carbocycles. The van der Waals surface area contributed by atoms with Crippen molar-refractivity contribution in [1.29, 1.82) is 0 Å². The molecule has 106 valence electrons. The van der Waals surface area contributed by atoms with Gasteiger partial charge in [-0.2, -0.15) is 5.10 Å². The molecule has 2 rings (SSSR count). The van der Waals surface area contributed by atoms with Gasteiger partial charge in [-0.15, -0.1) is 0 Å². The van der Waals surface area contributed by atoms with Gasteiger partial charge in [0.2, 0.25) is 0 Å². The van der Waals surface area contributed by atoms with E-state index in [2.05, 4.69) is 5.10 Å². The smallest absolute Gasteiger partial charge is 0.264 e. The summed E-state index contributed by atoms with van der Waals surface area (Å²) in [6, 6.07) is 6.51. The second kappa shape index (κ2) is 5.43. The zero-order chi connectivity index (χ0) is 14.8. The lowest BCUT2D eigenvalue weighted by Crippen LogP contribution is -2.37. The van der Waals surface area contributed by atoms with Gasteiger partial charge in [-0.3, -0.25) is 9.48 Å². The van der Waals surface area contributed by atoms with Crippen LogP contribution in [-0.2, 0) is 21.9 Å². The Labute approximate surface area is 116 Å². The van der Waals surface area contributed by atoms with Crippen molar-refractivity contribution in [2.24, 2.45) is 12.8 Å². The molecule has 0 radical (unpaired) electrons. The van der Waals surface area contributed by atoms with Gasteiger partial charge in [0.05, 0.1) is 11.1 Å². The Balaban J connectivity index is 2.16. The van der Waals surface area contributed by atoms with Crippen molar-refractivity contribution in [1.82, 2.24) is 14.5 Å². The summed E-state index contributed by atoms with van der Waals surface area (Å²) in [6.07, 6.45) is 2.97. The van der Waals surface area contributed by atoms with Crippen molar-refractivity contribution >= 4 is 15.9 Å². The summed E-state index contributed by atoms with van der Waals surface area (Å²) >= 11 is 0. The number of carbonyl (C=O) groups excluding carboxylic acids is 1. The largest absolute Gasteiger partial charge is 0.316 e. The third-order valence-corrected chi connectivity index (χ3v) is 4.02. The van der Waals surface area contributed by atoms with Crippen molar-refractivity contribution in [3.8, 4) is 0 Å². The summed E-state index contributed by atoms with van der Waals surface area (Å²) in [6.45, 7) is 0. The highest BCUT2D eigenvalue weighted by Gasteiger charge is 2.23. The lowest BCUT2D eigenvalue weighted by molar-refractivity contribution is -0.120. The second-order valence-corrected chi connectivity index (χ2v) is 5.89. The highest BCUT2D eigenvalue weighted by Crippen LogP contribution is 2.12. The lowest BCUT2D eigenvalue weighted by Gasteiger charge is -2.11. The molecule has 2 aromatic rings. The summed E-state index contributed by atoms with van der Waals surface area (Å²) in [5.74, 6) is -0.804. The molecule has 1 aromatic heterocycles. The minimum Gasteiger partial charge on any atom is -0.316 e. The summed E-state index contributed by atoms with van der Waals surface area (Å²) in [5.41, 5.74) is 6.15. The van der Waals surface area contributed by atoms with E-state index in [0.29, 0.717) is 5.56 Å². The molecule has 7 nitrogen and oxygen atoms in total. The number of amides is 1. The number of rotatable bonds is 4. The lowest BCUT2D eigenvalue weighted by atomic mass is 10.2. The SMILES string of the molecule is Cn1cc(C(N)C(=O)NS(=O)(=O)c2ccccc2)cn1. The van der Waals surface area contributed by atoms with Crippen LogP contribution in [0.2, 0.25) is 0 Å². The summed E-state index contributed by atoms with van der Waals surface area (Å²) < 4.78 is 27.4. The fraction of sp³-hybridized carbons (Fsp3) is 0.167. The van der Waals surface area contributed by atoms with Crippen LogP contribution in [-0.4, -0.2) is 24.1 Å². The van der Waals surface area contributed by atoms with E-state index in [0.717, 1.165) is 0 Å². The fourth-order valence-electron chi connectivity index (χ4n) is 1.61. The van der Waals surface area contributed by atoms with Crippen molar-refractivity contribution < 1.29 is 13.2 Å². The van der Waals surface area contributed by atoms with Gasteiger partial charge in [-0.05, 0) is 12.1 Å². The number of sulfonamides is 1. The topological polar surface area (TPSA) is 107 Å². The Bertz CT molecular complexity index is 709. The molecule has 1 amide bonds. The van der Waals surface area contributed by atoms with E-state index in [-0.39, 0.29) is 4.90 Å². The molecular formula is C12H14N4O3S. The van der Waals surface area contributed by atoms with Gasteiger partial charge in [-0.1, -0.05) is 18.2 Å². The van der Waals surface area contributed by atoms with Crippen LogP contribution in [0.3, 0.4) is 0 Å². The highest BCUT2D eigenvalue weighted by molar-refractivity contribution is 7.90. The maximum absolute atomic E-state index is 12.0. The zero-order valence-corrected chi connectivity index (χ0v) is 11.5. The first-order valence-corrected chi connectivity index (χ1v) is 7.24. The number of aryl methyl sites for hydroxylation is 1. The van der Waals surface area contributed by atoms with Crippen LogP contribution in [0.4, 0.5) is 0 Å². The molecular weight excluding hydrogens is 280 g/mol. The zero-order valence-electron chi connectivity index (χ0n) is 10.7. The molecule has 1 aromatic carbocycles. The van der Waals surface area contributed by atoms with Crippen molar-refractivity contribution in [3.63, 3.8) is 0 Å². The van der Waals surface area contributed by atoms with Gasteiger partial charge in [0, 0.05) is 18.8 Å². The summed E-state index contributed by atoms with van der Waals surface area (Å²) in [5, 5.41) is 3.88. The molecule has 20 heavy (non-hydrogen) atoms. The number of hydrogen-bond donors (Lipinski definition) is 2. The van der Waals surface area contributed by atoms with Crippen LogP contribution in [0.15, 0.2) is 47.6 Å².